The summed E-state index contributed by atoms with van der Waals surface area (Å²) in [6.45, 7) is 0.438. The van der Waals surface area contributed by atoms with Crippen molar-refractivity contribution in [2.24, 2.45) is 0 Å². The summed E-state index contributed by atoms with van der Waals surface area (Å²) in [5.41, 5.74) is 2.42. The highest BCUT2D eigenvalue weighted by Crippen LogP contribution is 2.24. The monoisotopic (exact) mass is 259 g/mol. The number of hydrogen-bond acceptors (Lipinski definition) is 4. The topological polar surface area (TPSA) is 61.7 Å². The van der Waals surface area contributed by atoms with Crippen LogP contribution < -0.4 is 10.1 Å². The molecule has 4 nitrogen and oxygen atoms in total. The van der Waals surface area contributed by atoms with Gasteiger partial charge in [0.2, 0.25) is 0 Å². The third kappa shape index (κ3) is 3.17. The van der Waals surface area contributed by atoms with E-state index in [1.807, 2.05) is 24.3 Å². The Morgan fingerprint density at radius 3 is 2.63 bits per heavy atom. The summed E-state index contributed by atoms with van der Waals surface area (Å²) in [5, 5.41) is 22.2. The van der Waals surface area contributed by atoms with E-state index in [1.165, 1.54) is 0 Å². The number of hydrogen-bond donors (Lipinski definition) is 3. The molecule has 3 N–H and O–H groups in total. The van der Waals surface area contributed by atoms with Crippen LogP contribution >= 0.6 is 0 Å². The van der Waals surface area contributed by atoms with Gasteiger partial charge in [-0.25, -0.2) is 0 Å². The van der Waals surface area contributed by atoms with Gasteiger partial charge in [0.1, 0.15) is 11.5 Å². The van der Waals surface area contributed by atoms with Gasteiger partial charge in [-0.2, -0.15) is 0 Å². The SMILES string of the molecule is COc1ccc(O)c(CNc2ccccc2CO)c1. The van der Waals surface area contributed by atoms with Gasteiger partial charge in [0, 0.05) is 23.4 Å². The molecule has 100 valence electrons. The fourth-order valence-corrected chi connectivity index (χ4v) is 1.85. The molecule has 0 fully saturated rings. The average molecular weight is 259 g/mol. The minimum absolute atomic E-state index is 0.0206. The van der Waals surface area contributed by atoms with Crippen LogP contribution in [0, 0.1) is 0 Å². The minimum Gasteiger partial charge on any atom is -0.508 e. The Morgan fingerprint density at radius 1 is 1.11 bits per heavy atom. The maximum absolute atomic E-state index is 9.79. The molecule has 0 aliphatic carbocycles. The lowest BCUT2D eigenvalue weighted by molar-refractivity contribution is 0.282. The van der Waals surface area contributed by atoms with Crippen molar-refractivity contribution in [3.63, 3.8) is 0 Å². The van der Waals surface area contributed by atoms with Crippen molar-refractivity contribution in [3.05, 3.63) is 53.6 Å². The van der Waals surface area contributed by atoms with E-state index in [0.717, 1.165) is 16.8 Å². The van der Waals surface area contributed by atoms with Gasteiger partial charge >= 0.3 is 0 Å². The second kappa shape index (κ2) is 6.11. The van der Waals surface area contributed by atoms with Crippen molar-refractivity contribution < 1.29 is 14.9 Å². The molecule has 0 unspecified atom stereocenters. The van der Waals surface area contributed by atoms with E-state index in [-0.39, 0.29) is 12.4 Å². The molecular weight excluding hydrogens is 242 g/mol. The second-order valence-electron chi connectivity index (χ2n) is 4.16. The fraction of sp³-hybridized carbons (Fsp3) is 0.200. The summed E-state index contributed by atoms with van der Waals surface area (Å²) in [7, 11) is 1.59. The molecule has 4 heteroatoms. The van der Waals surface area contributed by atoms with Crippen molar-refractivity contribution >= 4 is 5.69 Å². The second-order valence-corrected chi connectivity index (χ2v) is 4.16. The molecule has 0 bridgehead atoms. The zero-order valence-corrected chi connectivity index (χ0v) is 10.8. The lowest BCUT2D eigenvalue weighted by Gasteiger charge is -2.12. The number of phenols is 1. The smallest absolute Gasteiger partial charge is 0.120 e. The molecule has 0 aliphatic rings. The van der Waals surface area contributed by atoms with Crippen LogP contribution in [0.15, 0.2) is 42.5 Å². The molecule has 0 amide bonds. The van der Waals surface area contributed by atoms with Gasteiger partial charge in [0.05, 0.1) is 13.7 Å². The molecule has 0 heterocycles. The van der Waals surface area contributed by atoms with E-state index in [4.69, 9.17) is 4.74 Å². The van der Waals surface area contributed by atoms with Gasteiger partial charge in [0.15, 0.2) is 0 Å². The summed E-state index contributed by atoms with van der Waals surface area (Å²) < 4.78 is 5.13. The van der Waals surface area contributed by atoms with Gasteiger partial charge in [-0.3, -0.25) is 0 Å². The number of aliphatic hydroxyl groups is 1. The van der Waals surface area contributed by atoms with Crippen molar-refractivity contribution in [2.75, 3.05) is 12.4 Å². The first-order valence-electron chi connectivity index (χ1n) is 6.03. The molecule has 0 atom stereocenters. The molecule has 0 aliphatic heterocycles. The molecule has 0 saturated heterocycles. The van der Waals surface area contributed by atoms with Crippen LogP contribution in [0.3, 0.4) is 0 Å². The Balaban J connectivity index is 2.14. The summed E-state index contributed by atoms with van der Waals surface area (Å²) in [6.07, 6.45) is 0. The third-order valence-corrected chi connectivity index (χ3v) is 2.94. The first kappa shape index (κ1) is 13.2. The number of rotatable bonds is 5. The van der Waals surface area contributed by atoms with Crippen LogP contribution in [-0.2, 0) is 13.2 Å². The Morgan fingerprint density at radius 2 is 1.89 bits per heavy atom. The number of aromatic hydroxyl groups is 1. The number of aliphatic hydroxyl groups excluding tert-OH is 1. The first-order chi connectivity index (χ1) is 9.24. The van der Waals surface area contributed by atoms with Crippen LogP contribution in [0.1, 0.15) is 11.1 Å². The summed E-state index contributed by atoms with van der Waals surface area (Å²) >= 11 is 0. The Labute approximate surface area is 112 Å². The van der Waals surface area contributed by atoms with Crippen LogP contribution in [0.5, 0.6) is 11.5 Å². The van der Waals surface area contributed by atoms with E-state index in [9.17, 15) is 10.2 Å². The molecule has 0 aromatic heterocycles. The number of benzene rings is 2. The van der Waals surface area contributed by atoms with E-state index >= 15 is 0 Å². The molecule has 19 heavy (non-hydrogen) atoms. The summed E-state index contributed by atoms with van der Waals surface area (Å²) in [6, 6.07) is 12.6. The van der Waals surface area contributed by atoms with E-state index < -0.39 is 0 Å². The standard InChI is InChI=1S/C15H17NO3/c1-19-13-6-7-15(18)12(8-13)9-16-14-5-3-2-4-11(14)10-17/h2-8,16-18H,9-10H2,1H3. The van der Waals surface area contributed by atoms with Crippen molar-refractivity contribution in [3.8, 4) is 11.5 Å². The molecule has 2 rings (SSSR count). The predicted molar refractivity (Wildman–Crippen MR) is 74.4 cm³/mol. The van der Waals surface area contributed by atoms with Gasteiger partial charge in [-0.05, 0) is 24.3 Å². The summed E-state index contributed by atoms with van der Waals surface area (Å²) in [5.74, 6) is 0.917. The molecule has 0 saturated carbocycles. The van der Waals surface area contributed by atoms with Crippen molar-refractivity contribution in [2.45, 2.75) is 13.2 Å². The Bertz CT molecular complexity index is 555. The van der Waals surface area contributed by atoms with Gasteiger partial charge in [0.25, 0.3) is 0 Å². The summed E-state index contributed by atoms with van der Waals surface area (Å²) in [4.78, 5) is 0. The van der Waals surface area contributed by atoms with E-state index in [2.05, 4.69) is 5.32 Å². The number of methoxy groups -OCH3 is 1. The molecule has 2 aromatic rings. The molecule has 2 aromatic carbocycles. The maximum atomic E-state index is 9.79. The highest BCUT2D eigenvalue weighted by Gasteiger charge is 2.05. The number of para-hydroxylation sites is 1. The highest BCUT2D eigenvalue weighted by atomic mass is 16.5. The predicted octanol–water partition coefficient (Wildman–Crippen LogP) is 2.51. The number of phenolic OH excluding ortho intramolecular Hbond substituents is 1. The zero-order valence-electron chi connectivity index (χ0n) is 10.8. The molecule has 0 spiro atoms. The Kier molecular flexibility index (Phi) is 4.26. The van der Waals surface area contributed by atoms with Crippen LogP contribution in [-0.4, -0.2) is 17.3 Å². The third-order valence-electron chi connectivity index (χ3n) is 2.94. The molecular formula is C15H17NO3. The quantitative estimate of drug-likeness (QED) is 0.772. The Hall–Kier alpha value is -2.20. The average Bonchev–Trinajstić information content (AvgIpc) is 2.46. The fourth-order valence-electron chi connectivity index (χ4n) is 1.85. The van der Waals surface area contributed by atoms with Gasteiger partial charge < -0.3 is 20.3 Å². The van der Waals surface area contributed by atoms with Gasteiger partial charge in [-0.1, -0.05) is 18.2 Å². The van der Waals surface area contributed by atoms with E-state index in [0.29, 0.717) is 12.3 Å². The van der Waals surface area contributed by atoms with E-state index in [1.54, 1.807) is 25.3 Å². The largest absolute Gasteiger partial charge is 0.508 e. The maximum Gasteiger partial charge on any atom is 0.120 e. The first-order valence-corrected chi connectivity index (χ1v) is 6.03. The molecule has 0 radical (unpaired) electrons. The lowest BCUT2D eigenvalue weighted by atomic mass is 10.1. The highest BCUT2D eigenvalue weighted by molar-refractivity contribution is 5.52. The van der Waals surface area contributed by atoms with Crippen molar-refractivity contribution in [1.29, 1.82) is 0 Å². The van der Waals surface area contributed by atoms with Crippen LogP contribution in [0.2, 0.25) is 0 Å². The number of anilines is 1. The lowest BCUT2D eigenvalue weighted by Crippen LogP contribution is -2.03. The number of ether oxygens (including phenoxy) is 1. The number of nitrogens with one attached hydrogen (secondary N) is 1. The van der Waals surface area contributed by atoms with Crippen LogP contribution in [0.4, 0.5) is 5.69 Å². The minimum atomic E-state index is -0.0206. The van der Waals surface area contributed by atoms with Crippen LogP contribution in [0.25, 0.3) is 0 Å². The van der Waals surface area contributed by atoms with Crippen molar-refractivity contribution in [1.82, 2.24) is 0 Å². The van der Waals surface area contributed by atoms with Gasteiger partial charge in [-0.15, -0.1) is 0 Å². The zero-order chi connectivity index (χ0) is 13.7. The normalized spacial score (nSPS) is 10.2.